The molecule has 1 unspecified atom stereocenters. The smallest absolute Gasteiger partial charge is 0.247 e. The van der Waals surface area contributed by atoms with Crippen molar-refractivity contribution >= 4 is 54.2 Å². The average Bonchev–Trinajstić information content (AvgIpc) is 3.46. The molecule has 182 valence electrons. The van der Waals surface area contributed by atoms with Crippen LogP contribution in [0.1, 0.15) is 12.8 Å². The molecule has 8 nitrogen and oxygen atoms in total. The zero-order valence-corrected chi connectivity index (χ0v) is 21.7. The Hall–Kier alpha value is -2.24. The number of rotatable bonds is 8. The Bertz CT molecular complexity index is 1280. The number of amides is 1. The highest BCUT2D eigenvalue weighted by Crippen LogP contribution is 2.34. The third kappa shape index (κ3) is 5.06. The summed E-state index contributed by atoms with van der Waals surface area (Å²) < 4.78 is 34.3. The van der Waals surface area contributed by atoms with Gasteiger partial charge in [0, 0.05) is 24.7 Å². The van der Waals surface area contributed by atoms with Gasteiger partial charge in [0.2, 0.25) is 15.9 Å². The van der Waals surface area contributed by atoms with E-state index in [1.54, 1.807) is 24.1 Å². The third-order valence-electron chi connectivity index (χ3n) is 5.76. The number of benzene rings is 2. The molecule has 1 atom stereocenters. The van der Waals surface area contributed by atoms with E-state index < -0.39 is 16.1 Å². The highest BCUT2D eigenvalue weighted by Gasteiger charge is 2.42. The van der Waals surface area contributed by atoms with Gasteiger partial charge in [-0.25, -0.2) is 13.4 Å². The number of carbonyl (C=O) groups excluding carboxylic acids is 1. The largest absolute Gasteiger partial charge is 0.497 e. The Kier molecular flexibility index (Phi) is 7.44. The first kappa shape index (κ1) is 24.9. The van der Waals surface area contributed by atoms with Crippen molar-refractivity contribution in [3.05, 3.63) is 47.5 Å². The van der Waals surface area contributed by atoms with Gasteiger partial charge in [-0.2, -0.15) is 4.31 Å². The number of anilines is 1. The second-order valence-electron chi connectivity index (χ2n) is 8.35. The molecule has 34 heavy (non-hydrogen) atoms. The SMILES string of the molecule is COc1ccc2nc(N(CCN(C)C)C(=O)C3CCCN3S(=O)(=O)c3ccc(Cl)cc3)sc2c1. The lowest BCUT2D eigenvalue weighted by molar-refractivity contribution is -0.121. The maximum absolute atomic E-state index is 13.8. The zero-order chi connectivity index (χ0) is 24.5. The van der Waals surface area contributed by atoms with Crippen molar-refractivity contribution in [2.75, 3.05) is 45.7 Å². The first-order chi connectivity index (χ1) is 16.2. The minimum absolute atomic E-state index is 0.128. The molecule has 0 spiro atoms. The van der Waals surface area contributed by atoms with Crippen molar-refractivity contribution in [2.24, 2.45) is 0 Å². The normalized spacial score (nSPS) is 16.9. The van der Waals surface area contributed by atoms with E-state index >= 15 is 0 Å². The number of ether oxygens (including phenoxy) is 1. The molecule has 0 aliphatic carbocycles. The van der Waals surface area contributed by atoms with Crippen LogP contribution < -0.4 is 9.64 Å². The fourth-order valence-electron chi connectivity index (χ4n) is 3.93. The molecular weight excluding hydrogens is 496 g/mol. The van der Waals surface area contributed by atoms with Crippen molar-refractivity contribution in [1.82, 2.24) is 14.2 Å². The summed E-state index contributed by atoms with van der Waals surface area (Å²) in [4.78, 5) is 22.2. The lowest BCUT2D eigenvalue weighted by atomic mass is 10.2. The van der Waals surface area contributed by atoms with Gasteiger partial charge in [-0.05, 0) is 69.4 Å². The summed E-state index contributed by atoms with van der Waals surface area (Å²) in [5, 5.41) is 1.00. The molecule has 0 radical (unpaired) electrons. The van der Waals surface area contributed by atoms with Gasteiger partial charge in [0.25, 0.3) is 0 Å². The lowest BCUT2D eigenvalue weighted by Crippen LogP contribution is -2.49. The molecule has 0 bridgehead atoms. The van der Waals surface area contributed by atoms with Crippen LogP contribution in [-0.4, -0.2) is 75.4 Å². The lowest BCUT2D eigenvalue weighted by Gasteiger charge is -2.29. The first-order valence-electron chi connectivity index (χ1n) is 10.9. The van der Waals surface area contributed by atoms with Crippen LogP contribution in [0.4, 0.5) is 5.13 Å². The standard InChI is InChI=1S/C23H27ClN4O4S2/c1-26(2)13-14-27(23-25-19-11-8-17(32-3)15-21(19)33-23)22(29)20-5-4-12-28(20)34(30,31)18-9-6-16(24)7-10-18/h6-11,15,20H,4-5,12-14H2,1-3H3. The van der Waals surface area contributed by atoms with E-state index in [0.29, 0.717) is 48.4 Å². The Labute approximate surface area is 208 Å². The maximum atomic E-state index is 13.8. The van der Waals surface area contributed by atoms with Crippen molar-refractivity contribution in [3.8, 4) is 5.75 Å². The molecule has 3 aromatic rings. The van der Waals surface area contributed by atoms with E-state index in [-0.39, 0.29) is 10.8 Å². The number of carbonyl (C=O) groups is 1. The summed E-state index contributed by atoms with van der Waals surface area (Å²) in [7, 11) is 1.61. The molecular formula is C23H27ClN4O4S2. The molecule has 2 aromatic carbocycles. The van der Waals surface area contributed by atoms with Gasteiger partial charge >= 0.3 is 0 Å². The minimum atomic E-state index is -3.85. The van der Waals surface area contributed by atoms with Gasteiger partial charge in [0.05, 0.1) is 22.2 Å². The van der Waals surface area contributed by atoms with E-state index in [9.17, 15) is 13.2 Å². The Balaban J connectivity index is 1.67. The summed E-state index contributed by atoms with van der Waals surface area (Å²) in [5.41, 5.74) is 0.764. The number of sulfonamides is 1. The molecule has 1 aliphatic heterocycles. The first-order valence-corrected chi connectivity index (χ1v) is 13.5. The molecule has 4 rings (SSSR count). The molecule has 1 aliphatic rings. The Morgan fingerprint density at radius 1 is 1.21 bits per heavy atom. The molecule has 2 heterocycles. The van der Waals surface area contributed by atoms with Crippen molar-refractivity contribution in [3.63, 3.8) is 0 Å². The van der Waals surface area contributed by atoms with Crippen LogP contribution in [0.5, 0.6) is 5.75 Å². The molecule has 11 heteroatoms. The number of hydrogen-bond donors (Lipinski definition) is 0. The number of nitrogens with zero attached hydrogens (tertiary/aromatic N) is 4. The van der Waals surface area contributed by atoms with Crippen LogP contribution in [0.3, 0.4) is 0 Å². The van der Waals surface area contributed by atoms with Crippen LogP contribution in [0.25, 0.3) is 10.2 Å². The molecule has 1 amide bonds. The van der Waals surface area contributed by atoms with Crippen molar-refractivity contribution in [2.45, 2.75) is 23.8 Å². The van der Waals surface area contributed by atoms with E-state index in [2.05, 4.69) is 4.98 Å². The Morgan fingerprint density at radius 2 is 1.94 bits per heavy atom. The number of thiazole rings is 1. The highest BCUT2D eigenvalue weighted by atomic mass is 35.5. The number of hydrogen-bond acceptors (Lipinski definition) is 7. The molecule has 0 saturated carbocycles. The van der Waals surface area contributed by atoms with Gasteiger partial charge in [-0.1, -0.05) is 22.9 Å². The van der Waals surface area contributed by atoms with E-state index in [1.165, 1.54) is 27.8 Å². The zero-order valence-electron chi connectivity index (χ0n) is 19.3. The minimum Gasteiger partial charge on any atom is -0.497 e. The third-order valence-corrected chi connectivity index (χ3v) is 8.98. The van der Waals surface area contributed by atoms with Crippen molar-refractivity contribution in [1.29, 1.82) is 0 Å². The number of likely N-dealkylation sites (N-methyl/N-ethyl adjacent to an activating group) is 1. The highest BCUT2D eigenvalue weighted by molar-refractivity contribution is 7.89. The molecule has 0 N–H and O–H groups in total. The maximum Gasteiger partial charge on any atom is 0.247 e. The summed E-state index contributed by atoms with van der Waals surface area (Å²) in [6, 6.07) is 10.8. The van der Waals surface area contributed by atoms with Crippen LogP contribution in [-0.2, 0) is 14.8 Å². The molecule has 1 saturated heterocycles. The summed E-state index contributed by atoms with van der Waals surface area (Å²) in [5.74, 6) is 0.452. The number of halogens is 1. The van der Waals surface area contributed by atoms with Crippen LogP contribution >= 0.6 is 22.9 Å². The van der Waals surface area contributed by atoms with Crippen LogP contribution in [0.15, 0.2) is 47.4 Å². The summed E-state index contributed by atoms with van der Waals surface area (Å²) in [6.45, 7) is 1.30. The van der Waals surface area contributed by atoms with Crippen molar-refractivity contribution < 1.29 is 17.9 Å². The second-order valence-corrected chi connectivity index (χ2v) is 11.7. The molecule has 1 fully saturated rings. The Morgan fingerprint density at radius 3 is 2.62 bits per heavy atom. The quantitative estimate of drug-likeness (QED) is 0.448. The van der Waals surface area contributed by atoms with E-state index in [4.69, 9.17) is 16.3 Å². The second kappa shape index (κ2) is 10.2. The summed E-state index contributed by atoms with van der Waals surface area (Å²) in [6.07, 6.45) is 1.07. The number of fused-ring (bicyclic) bond motifs is 1. The summed E-state index contributed by atoms with van der Waals surface area (Å²) >= 11 is 7.33. The average molecular weight is 523 g/mol. The van der Waals surface area contributed by atoms with E-state index in [0.717, 1.165) is 10.2 Å². The topological polar surface area (TPSA) is 83.1 Å². The van der Waals surface area contributed by atoms with Crippen LogP contribution in [0, 0.1) is 0 Å². The van der Waals surface area contributed by atoms with Gasteiger partial charge in [0.15, 0.2) is 5.13 Å². The van der Waals surface area contributed by atoms with Gasteiger partial charge in [-0.15, -0.1) is 0 Å². The van der Waals surface area contributed by atoms with Gasteiger partial charge < -0.3 is 9.64 Å². The van der Waals surface area contributed by atoms with Gasteiger partial charge in [0.1, 0.15) is 11.8 Å². The fraction of sp³-hybridized carbons (Fsp3) is 0.391. The number of methoxy groups -OCH3 is 1. The monoisotopic (exact) mass is 522 g/mol. The number of aromatic nitrogens is 1. The molecule has 1 aromatic heterocycles. The van der Waals surface area contributed by atoms with Gasteiger partial charge in [-0.3, -0.25) is 9.69 Å². The predicted molar refractivity (Wildman–Crippen MR) is 135 cm³/mol. The van der Waals surface area contributed by atoms with E-state index in [1.807, 2.05) is 37.2 Å². The van der Waals surface area contributed by atoms with Crippen LogP contribution in [0.2, 0.25) is 5.02 Å². The predicted octanol–water partition coefficient (Wildman–Crippen LogP) is 3.71. The fourth-order valence-corrected chi connectivity index (χ4v) is 6.73.